The Morgan fingerprint density at radius 3 is 2.78 bits per heavy atom. The smallest absolute Gasteiger partial charge is 0.127 e. The molecule has 0 spiro atoms. The fourth-order valence-corrected chi connectivity index (χ4v) is 3.21. The van der Waals surface area contributed by atoms with Gasteiger partial charge >= 0.3 is 0 Å². The molecule has 0 aromatic heterocycles. The Hall–Kier alpha value is -1.42. The molecule has 0 bridgehead atoms. The van der Waals surface area contributed by atoms with Crippen LogP contribution in [0.15, 0.2) is 0 Å². The highest BCUT2D eigenvalue weighted by Gasteiger charge is 2.27. The van der Waals surface area contributed by atoms with Crippen LogP contribution in [0.3, 0.4) is 0 Å². The largest absolute Gasteiger partial charge is 0.493 e. The molecule has 0 atom stereocenters. The second-order valence-electron chi connectivity index (χ2n) is 5.27. The summed E-state index contributed by atoms with van der Waals surface area (Å²) in [5.41, 5.74) is 7.14. The Morgan fingerprint density at radius 2 is 1.94 bits per heavy atom. The van der Waals surface area contributed by atoms with E-state index in [-0.39, 0.29) is 0 Å². The van der Waals surface area contributed by atoms with Gasteiger partial charge in [0.1, 0.15) is 5.75 Å². The molecule has 0 N–H and O–H groups in total. The van der Waals surface area contributed by atoms with Crippen LogP contribution >= 0.6 is 0 Å². The third kappa shape index (κ3) is 1.72. The van der Waals surface area contributed by atoms with Crippen molar-refractivity contribution in [2.24, 2.45) is 0 Å². The van der Waals surface area contributed by atoms with Crippen LogP contribution in [0, 0.1) is 18.8 Å². The van der Waals surface area contributed by atoms with Crippen LogP contribution in [-0.2, 0) is 19.3 Å². The highest BCUT2D eigenvalue weighted by Crippen LogP contribution is 2.40. The fraction of sp³-hybridized carbons (Fsp3) is 0.529. The van der Waals surface area contributed by atoms with Gasteiger partial charge in [-0.25, -0.2) is 0 Å². The van der Waals surface area contributed by atoms with Crippen LogP contribution in [-0.4, -0.2) is 6.61 Å². The minimum absolute atomic E-state index is 0.835. The molecule has 1 heterocycles. The molecule has 0 unspecified atom stereocenters. The van der Waals surface area contributed by atoms with E-state index in [9.17, 15) is 0 Å². The molecule has 0 radical (unpaired) electrons. The van der Waals surface area contributed by atoms with Crippen molar-refractivity contribution in [2.75, 3.05) is 6.61 Å². The zero-order valence-electron chi connectivity index (χ0n) is 11.4. The topological polar surface area (TPSA) is 9.23 Å². The van der Waals surface area contributed by atoms with Gasteiger partial charge in [-0.15, -0.1) is 0 Å². The van der Waals surface area contributed by atoms with Gasteiger partial charge in [0, 0.05) is 24.0 Å². The van der Waals surface area contributed by atoms with E-state index in [0.717, 1.165) is 31.6 Å². The monoisotopic (exact) mass is 240 g/mol. The van der Waals surface area contributed by atoms with E-state index in [2.05, 4.69) is 25.7 Å². The maximum atomic E-state index is 5.83. The summed E-state index contributed by atoms with van der Waals surface area (Å²) in [7, 11) is 0. The lowest BCUT2D eigenvalue weighted by Gasteiger charge is -2.13. The summed E-state index contributed by atoms with van der Waals surface area (Å²) in [5, 5.41) is 0. The number of rotatable bonds is 1. The lowest BCUT2D eigenvalue weighted by Crippen LogP contribution is -1.98. The molecule has 0 saturated heterocycles. The quantitative estimate of drug-likeness (QED) is 0.682. The number of fused-ring (bicyclic) bond motifs is 2. The first-order valence-corrected chi connectivity index (χ1v) is 7.11. The fourth-order valence-electron chi connectivity index (χ4n) is 3.21. The highest BCUT2D eigenvalue weighted by atomic mass is 16.5. The van der Waals surface area contributed by atoms with Gasteiger partial charge in [0.25, 0.3) is 0 Å². The molecule has 1 aromatic carbocycles. The number of benzene rings is 1. The van der Waals surface area contributed by atoms with Crippen molar-refractivity contribution >= 4 is 0 Å². The van der Waals surface area contributed by atoms with Crippen LogP contribution < -0.4 is 4.74 Å². The van der Waals surface area contributed by atoms with Crippen LogP contribution in [0.4, 0.5) is 0 Å². The number of hydrogen-bond donors (Lipinski definition) is 0. The van der Waals surface area contributed by atoms with Gasteiger partial charge in [0.05, 0.1) is 6.61 Å². The van der Waals surface area contributed by atoms with Crippen molar-refractivity contribution in [1.82, 2.24) is 0 Å². The van der Waals surface area contributed by atoms with Gasteiger partial charge in [0.2, 0.25) is 0 Å². The Kier molecular flexibility index (Phi) is 3.04. The highest BCUT2D eigenvalue weighted by molar-refractivity contribution is 5.63. The van der Waals surface area contributed by atoms with Crippen LogP contribution in [0.25, 0.3) is 0 Å². The average molecular weight is 240 g/mol. The summed E-state index contributed by atoms with van der Waals surface area (Å²) < 4.78 is 5.83. The van der Waals surface area contributed by atoms with Crippen LogP contribution in [0.5, 0.6) is 5.75 Å². The van der Waals surface area contributed by atoms with Crippen molar-refractivity contribution in [1.29, 1.82) is 0 Å². The van der Waals surface area contributed by atoms with Gasteiger partial charge in [-0.2, -0.15) is 0 Å². The standard InChI is InChI=1S/C17H20O/c1-3-4-5-7-15-14-9-6-8-13(14)12(2)17-16(15)10-11-18-17/h3-4,6,8-11H2,1-2H3. The van der Waals surface area contributed by atoms with E-state index in [4.69, 9.17) is 4.74 Å². The first-order chi connectivity index (χ1) is 8.83. The molecule has 1 aromatic rings. The summed E-state index contributed by atoms with van der Waals surface area (Å²) in [4.78, 5) is 0. The lowest BCUT2D eigenvalue weighted by molar-refractivity contribution is 0.354. The third-order valence-electron chi connectivity index (χ3n) is 4.08. The number of hydrogen-bond acceptors (Lipinski definition) is 1. The first kappa shape index (κ1) is 11.7. The van der Waals surface area contributed by atoms with Crippen LogP contribution in [0.1, 0.15) is 54.0 Å². The molecule has 1 aliphatic carbocycles. The second kappa shape index (κ2) is 4.69. The van der Waals surface area contributed by atoms with Crippen LogP contribution in [0.2, 0.25) is 0 Å². The molecule has 1 aliphatic heterocycles. The number of ether oxygens (including phenoxy) is 1. The summed E-state index contributed by atoms with van der Waals surface area (Å²) in [6, 6.07) is 0. The molecule has 2 aliphatic rings. The van der Waals surface area contributed by atoms with E-state index < -0.39 is 0 Å². The molecule has 3 rings (SSSR count). The van der Waals surface area contributed by atoms with Gasteiger partial charge in [0.15, 0.2) is 0 Å². The third-order valence-corrected chi connectivity index (χ3v) is 4.08. The SMILES string of the molecule is CCCC#Cc1c2c(c(C)c3c1CCO3)CCC2. The Bertz CT molecular complexity index is 508. The average Bonchev–Trinajstić information content (AvgIpc) is 3.02. The summed E-state index contributed by atoms with van der Waals surface area (Å²) in [6.07, 6.45) is 6.87. The van der Waals surface area contributed by atoms with Gasteiger partial charge in [-0.3, -0.25) is 0 Å². The van der Waals surface area contributed by atoms with Gasteiger partial charge in [-0.1, -0.05) is 18.8 Å². The Labute approximate surface area is 110 Å². The predicted octanol–water partition coefficient (Wildman–Crippen LogP) is 3.57. The maximum absolute atomic E-state index is 5.83. The maximum Gasteiger partial charge on any atom is 0.127 e. The first-order valence-electron chi connectivity index (χ1n) is 7.11. The van der Waals surface area contributed by atoms with E-state index in [1.54, 1.807) is 0 Å². The van der Waals surface area contributed by atoms with Crippen molar-refractivity contribution in [3.8, 4) is 17.6 Å². The zero-order chi connectivity index (χ0) is 12.5. The van der Waals surface area contributed by atoms with Gasteiger partial charge < -0.3 is 4.74 Å². The number of unbranched alkanes of at least 4 members (excludes halogenated alkanes) is 1. The molecule has 1 nitrogen and oxygen atoms in total. The molecule has 0 saturated carbocycles. The van der Waals surface area contributed by atoms with E-state index in [1.807, 2.05) is 0 Å². The molecule has 0 fully saturated rings. The predicted molar refractivity (Wildman–Crippen MR) is 74.2 cm³/mol. The summed E-state index contributed by atoms with van der Waals surface area (Å²) >= 11 is 0. The molecule has 0 amide bonds. The molecular formula is C17H20O. The summed E-state index contributed by atoms with van der Waals surface area (Å²) in [6.45, 7) is 5.24. The molecule has 1 heteroatoms. The van der Waals surface area contributed by atoms with Gasteiger partial charge in [-0.05, 0) is 49.3 Å². The molecular weight excluding hydrogens is 220 g/mol. The Morgan fingerprint density at radius 1 is 1.11 bits per heavy atom. The minimum Gasteiger partial charge on any atom is -0.493 e. The van der Waals surface area contributed by atoms with E-state index in [0.29, 0.717) is 0 Å². The van der Waals surface area contributed by atoms with Crippen molar-refractivity contribution in [3.05, 3.63) is 27.8 Å². The Balaban J connectivity index is 2.16. The molecule has 18 heavy (non-hydrogen) atoms. The minimum atomic E-state index is 0.835. The molecule has 94 valence electrons. The van der Waals surface area contributed by atoms with Crippen molar-refractivity contribution in [3.63, 3.8) is 0 Å². The van der Waals surface area contributed by atoms with E-state index >= 15 is 0 Å². The normalized spacial score (nSPS) is 15.7. The van der Waals surface area contributed by atoms with Crippen molar-refractivity contribution < 1.29 is 4.74 Å². The van der Waals surface area contributed by atoms with Crippen molar-refractivity contribution in [2.45, 2.75) is 52.4 Å². The second-order valence-corrected chi connectivity index (χ2v) is 5.27. The lowest BCUT2D eigenvalue weighted by atomic mass is 9.92. The zero-order valence-corrected chi connectivity index (χ0v) is 11.4. The van der Waals surface area contributed by atoms with E-state index in [1.165, 1.54) is 47.1 Å². The summed E-state index contributed by atoms with van der Waals surface area (Å²) in [5.74, 6) is 7.92.